The second-order valence-electron chi connectivity index (χ2n) is 5.66. The minimum Gasteiger partial charge on any atom is -0.507 e. The molecule has 7 heteroatoms. The van der Waals surface area contributed by atoms with Crippen molar-refractivity contribution in [2.24, 2.45) is 7.05 Å². The van der Waals surface area contributed by atoms with Gasteiger partial charge < -0.3 is 14.6 Å². The van der Waals surface area contributed by atoms with Crippen LogP contribution in [0.25, 0.3) is 44.2 Å². The zero-order chi connectivity index (χ0) is 16.4. The van der Waals surface area contributed by atoms with Crippen molar-refractivity contribution in [2.75, 3.05) is 0 Å². The lowest BCUT2D eigenvalue weighted by atomic mass is 10.1. The Kier molecular flexibility index (Phi) is 2.50. The molecule has 0 unspecified atom stereocenters. The number of aromatic amines is 1. The Hall–Kier alpha value is -3.06. The van der Waals surface area contributed by atoms with Crippen LogP contribution in [0, 0.1) is 0 Å². The molecular formula is C17H11N3O3S. The number of aromatic hydroxyl groups is 1. The SMILES string of the molecule is Cn1[nH]cc2c(-c3ccsc3)c3oc4cc(=O)cc(O)c4c3nc21. The van der Waals surface area contributed by atoms with Gasteiger partial charge in [-0.15, -0.1) is 0 Å². The predicted molar refractivity (Wildman–Crippen MR) is 93.6 cm³/mol. The summed E-state index contributed by atoms with van der Waals surface area (Å²) in [6, 6.07) is 4.58. The lowest BCUT2D eigenvalue weighted by Gasteiger charge is -2.03. The Morgan fingerprint density at radius 2 is 2.25 bits per heavy atom. The third-order valence-corrected chi connectivity index (χ3v) is 4.89. The van der Waals surface area contributed by atoms with Crippen molar-refractivity contribution >= 4 is 44.4 Å². The van der Waals surface area contributed by atoms with E-state index in [1.165, 1.54) is 12.1 Å². The summed E-state index contributed by atoms with van der Waals surface area (Å²) in [5.41, 5.74) is 3.82. The van der Waals surface area contributed by atoms with E-state index in [9.17, 15) is 9.90 Å². The van der Waals surface area contributed by atoms with Gasteiger partial charge in [-0.05, 0) is 22.4 Å². The number of furan rings is 1. The maximum absolute atomic E-state index is 11.7. The van der Waals surface area contributed by atoms with Gasteiger partial charge in [0, 0.05) is 36.3 Å². The van der Waals surface area contributed by atoms with Gasteiger partial charge in [-0.3, -0.25) is 9.48 Å². The monoisotopic (exact) mass is 337 g/mol. The van der Waals surface area contributed by atoms with Crippen LogP contribution in [0.15, 0.2) is 44.4 Å². The molecule has 5 aromatic rings. The number of aryl methyl sites for hydroxylation is 1. The molecule has 0 radical (unpaired) electrons. The van der Waals surface area contributed by atoms with E-state index >= 15 is 0 Å². The fourth-order valence-electron chi connectivity index (χ4n) is 3.15. The van der Waals surface area contributed by atoms with E-state index in [1.807, 2.05) is 34.8 Å². The third-order valence-electron chi connectivity index (χ3n) is 4.20. The van der Waals surface area contributed by atoms with Crippen molar-refractivity contribution < 1.29 is 9.52 Å². The number of aromatic nitrogens is 3. The number of phenols is 1. The van der Waals surface area contributed by atoms with Gasteiger partial charge in [0.25, 0.3) is 0 Å². The van der Waals surface area contributed by atoms with Crippen LogP contribution in [0.4, 0.5) is 0 Å². The second-order valence-corrected chi connectivity index (χ2v) is 6.44. The molecule has 0 aliphatic rings. The summed E-state index contributed by atoms with van der Waals surface area (Å²) in [6.45, 7) is 0. The number of nitrogens with one attached hydrogen (secondary N) is 1. The third kappa shape index (κ3) is 1.64. The largest absolute Gasteiger partial charge is 0.507 e. The molecule has 0 amide bonds. The predicted octanol–water partition coefficient (Wildman–Crippen LogP) is 3.60. The van der Waals surface area contributed by atoms with E-state index in [2.05, 4.69) is 10.1 Å². The van der Waals surface area contributed by atoms with Crippen LogP contribution in [0.5, 0.6) is 5.75 Å². The lowest BCUT2D eigenvalue weighted by Crippen LogP contribution is -1.94. The minimum atomic E-state index is -0.297. The van der Waals surface area contributed by atoms with Gasteiger partial charge in [-0.2, -0.15) is 11.3 Å². The summed E-state index contributed by atoms with van der Waals surface area (Å²) >= 11 is 1.59. The smallest absolute Gasteiger partial charge is 0.186 e. The van der Waals surface area contributed by atoms with Crippen LogP contribution in [0.1, 0.15) is 0 Å². The van der Waals surface area contributed by atoms with Crippen molar-refractivity contribution in [1.82, 2.24) is 14.8 Å². The molecule has 1 aromatic carbocycles. The highest BCUT2D eigenvalue weighted by Crippen LogP contribution is 2.41. The number of benzene rings is 1. The van der Waals surface area contributed by atoms with E-state index in [4.69, 9.17) is 4.42 Å². The molecule has 0 saturated carbocycles. The normalized spacial score (nSPS) is 11.9. The molecule has 0 fully saturated rings. The molecule has 0 saturated heterocycles. The molecule has 5 rings (SSSR count). The number of nitrogens with zero attached hydrogens (tertiary/aromatic N) is 2. The van der Waals surface area contributed by atoms with E-state index in [-0.39, 0.29) is 11.2 Å². The zero-order valence-corrected chi connectivity index (χ0v) is 13.3. The summed E-state index contributed by atoms with van der Waals surface area (Å²) in [7, 11) is 1.87. The molecule has 24 heavy (non-hydrogen) atoms. The highest BCUT2D eigenvalue weighted by atomic mass is 32.1. The summed E-state index contributed by atoms with van der Waals surface area (Å²) in [5, 5.41) is 18.8. The van der Waals surface area contributed by atoms with Crippen LogP contribution in [-0.4, -0.2) is 19.9 Å². The van der Waals surface area contributed by atoms with Crippen molar-refractivity contribution in [3.05, 3.63) is 45.4 Å². The number of thiophene rings is 1. The Bertz CT molecular complexity index is 1290. The van der Waals surface area contributed by atoms with Crippen molar-refractivity contribution in [2.45, 2.75) is 0 Å². The maximum Gasteiger partial charge on any atom is 0.186 e. The molecule has 0 aliphatic carbocycles. The summed E-state index contributed by atoms with van der Waals surface area (Å²) in [6.07, 6.45) is 1.88. The minimum absolute atomic E-state index is 0.113. The standard InChI is InChI=1S/C17H11N3O3S/c1-20-17-10(6-18-20)13(8-2-3-24-7-8)16-15(19-17)14-11(22)4-9(21)5-12(14)23-16/h2-7,18,22H,1H3. The Morgan fingerprint density at radius 1 is 1.38 bits per heavy atom. The number of hydrogen-bond acceptors (Lipinski definition) is 5. The Morgan fingerprint density at radius 3 is 3.04 bits per heavy atom. The molecule has 0 aliphatic heterocycles. The molecule has 0 atom stereocenters. The first kappa shape index (κ1) is 13.4. The number of pyridine rings is 1. The topological polar surface area (TPSA) is 84.0 Å². The second kappa shape index (κ2) is 4.48. The fraction of sp³-hybridized carbons (Fsp3) is 0.0588. The van der Waals surface area contributed by atoms with Crippen molar-refractivity contribution in [3.63, 3.8) is 0 Å². The summed E-state index contributed by atoms with van der Waals surface area (Å²) in [4.78, 5) is 16.4. The fourth-order valence-corrected chi connectivity index (χ4v) is 3.80. The Balaban J connectivity index is 2.10. The first-order chi connectivity index (χ1) is 11.6. The van der Waals surface area contributed by atoms with E-state index in [0.29, 0.717) is 22.1 Å². The zero-order valence-electron chi connectivity index (χ0n) is 12.5. The van der Waals surface area contributed by atoms with Crippen LogP contribution < -0.4 is 5.43 Å². The van der Waals surface area contributed by atoms with Crippen molar-refractivity contribution in [3.8, 4) is 16.9 Å². The highest BCUT2D eigenvalue weighted by molar-refractivity contribution is 7.08. The van der Waals surface area contributed by atoms with E-state index in [0.717, 1.165) is 22.2 Å². The molecular weight excluding hydrogens is 326 g/mol. The Labute approximate surface area is 138 Å². The first-order valence-corrected chi connectivity index (χ1v) is 8.23. The average Bonchev–Trinajstić information content (AvgIpc) is 3.24. The lowest BCUT2D eigenvalue weighted by molar-refractivity contribution is 0.481. The van der Waals surface area contributed by atoms with Gasteiger partial charge in [0.1, 0.15) is 16.8 Å². The number of fused-ring (bicyclic) bond motifs is 4. The van der Waals surface area contributed by atoms with Crippen LogP contribution in [0.2, 0.25) is 0 Å². The number of hydrogen-bond donors (Lipinski definition) is 2. The number of rotatable bonds is 1. The highest BCUT2D eigenvalue weighted by Gasteiger charge is 2.21. The molecule has 0 bridgehead atoms. The average molecular weight is 337 g/mol. The molecule has 0 spiro atoms. The van der Waals surface area contributed by atoms with Crippen LogP contribution in [-0.2, 0) is 7.05 Å². The maximum atomic E-state index is 11.7. The van der Waals surface area contributed by atoms with E-state index < -0.39 is 0 Å². The van der Waals surface area contributed by atoms with Gasteiger partial charge in [-0.1, -0.05) is 0 Å². The van der Waals surface area contributed by atoms with Gasteiger partial charge in [0.15, 0.2) is 16.7 Å². The van der Waals surface area contributed by atoms with Gasteiger partial charge in [-0.25, -0.2) is 4.98 Å². The first-order valence-electron chi connectivity index (χ1n) is 7.29. The van der Waals surface area contributed by atoms with Crippen molar-refractivity contribution in [1.29, 1.82) is 0 Å². The summed E-state index contributed by atoms with van der Waals surface area (Å²) < 4.78 is 7.75. The van der Waals surface area contributed by atoms with E-state index in [1.54, 1.807) is 11.3 Å². The number of H-pyrrole nitrogens is 1. The molecule has 2 N–H and O–H groups in total. The molecule has 4 aromatic heterocycles. The van der Waals surface area contributed by atoms with Gasteiger partial charge in [0.2, 0.25) is 0 Å². The molecule has 4 heterocycles. The summed E-state index contributed by atoms with van der Waals surface area (Å²) in [5.74, 6) is -0.113. The number of phenolic OH excluding ortho intramolecular Hbond substituents is 1. The van der Waals surface area contributed by atoms with Gasteiger partial charge in [0.05, 0.1) is 5.39 Å². The molecule has 118 valence electrons. The van der Waals surface area contributed by atoms with Crippen LogP contribution in [0.3, 0.4) is 0 Å². The van der Waals surface area contributed by atoms with Gasteiger partial charge >= 0.3 is 0 Å². The quantitative estimate of drug-likeness (QED) is 0.489. The molecule has 6 nitrogen and oxygen atoms in total. The van der Waals surface area contributed by atoms with Crippen LogP contribution >= 0.6 is 11.3 Å².